The van der Waals surface area contributed by atoms with Crippen LogP contribution in [0.5, 0.6) is 5.75 Å². The second-order valence-corrected chi connectivity index (χ2v) is 4.63. The molecule has 1 heterocycles. The molecule has 20 heavy (non-hydrogen) atoms. The molecular weight excluding hydrogens is 252 g/mol. The molecule has 0 aliphatic rings. The van der Waals surface area contributed by atoms with E-state index in [-0.39, 0.29) is 11.6 Å². The van der Waals surface area contributed by atoms with Crippen LogP contribution in [0.25, 0.3) is 0 Å². The number of hydrogen-bond acceptors (Lipinski definition) is 3. The van der Waals surface area contributed by atoms with Crippen molar-refractivity contribution in [3.8, 4) is 5.75 Å². The summed E-state index contributed by atoms with van der Waals surface area (Å²) in [4.78, 5) is 11.6. The molecule has 1 atom stereocenters. The van der Waals surface area contributed by atoms with Crippen LogP contribution in [0.15, 0.2) is 53.5 Å². The zero-order valence-corrected chi connectivity index (χ0v) is 11.7. The molecule has 0 amide bonds. The van der Waals surface area contributed by atoms with E-state index in [4.69, 9.17) is 10.5 Å². The summed E-state index contributed by atoms with van der Waals surface area (Å²) in [5, 5.41) is 0. The summed E-state index contributed by atoms with van der Waals surface area (Å²) < 4.78 is 7.41. The number of benzene rings is 1. The number of para-hydroxylation sites is 1. The highest BCUT2D eigenvalue weighted by atomic mass is 16.5. The van der Waals surface area contributed by atoms with E-state index in [0.29, 0.717) is 13.2 Å². The van der Waals surface area contributed by atoms with Gasteiger partial charge in [-0.3, -0.25) is 4.79 Å². The summed E-state index contributed by atoms with van der Waals surface area (Å²) in [7, 11) is 0. The molecule has 4 heteroatoms. The third-order valence-corrected chi connectivity index (χ3v) is 3.25. The number of nitrogens with zero attached hydrogens (tertiary/aromatic N) is 1. The maximum atomic E-state index is 11.6. The molecule has 0 aliphatic carbocycles. The SMILES string of the molecule is CCC(N)c1ccccc1OCCn1ccccc1=O. The van der Waals surface area contributed by atoms with Gasteiger partial charge in [-0.15, -0.1) is 0 Å². The molecule has 1 aromatic heterocycles. The van der Waals surface area contributed by atoms with Crippen molar-refractivity contribution >= 4 is 0 Å². The Bertz CT molecular complexity index is 607. The lowest BCUT2D eigenvalue weighted by Gasteiger charge is -2.16. The van der Waals surface area contributed by atoms with Gasteiger partial charge in [0.05, 0.1) is 6.54 Å². The van der Waals surface area contributed by atoms with Gasteiger partial charge < -0.3 is 15.0 Å². The van der Waals surface area contributed by atoms with Gasteiger partial charge in [-0.2, -0.15) is 0 Å². The Kier molecular flexibility index (Phi) is 4.96. The van der Waals surface area contributed by atoms with Crippen molar-refractivity contribution in [2.24, 2.45) is 5.73 Å². The van der Waals surface area contributed by atoms with Gasteiger partial charge in [-0.1, -0.05) is 31.2 Å². The summed E-state index contributed by atoms with van der Waals surface area (Å²) in [6.07, 6.45) is 2.62. The molecule has 0 spiro atoms. The third kappa shape index (κ3) is 3.48. The summed E-state index contributed by atoms with van der Waals surface area (Å²) >= 11 is 0. The van der Waals surface area contributed by atoms with Crippen LogP contribution in [0.1, 0.15) is 24.9 Å². The third-order valence-electron chi connectivity index (χ3n) is 3.25. The Morgan fingerprint density at radius 1 is 1.20 bits per heavy atom. The first-order valence-electron chi connectivity index (χ1n) is 6.85. The number of rotatable bonds is 6. The molecule has 2 aromatic rings. The number of aromatic nitrogens is 1. The molecule has 1 aromatic carbocycles. The van der Waals surface area contributed by atoms with Crippen molar-refractivity contribution in [3.05, 3.63) is 64.6 Å². The van der Waals surface area contributed by atoms with E-state index >= 15 is 0 Å². The first kappa shape index (κ1) is 14.3. The van der Waals surface area contributed by atoms with Crippen LogP contribution in [-0.4, -0.2) is 11.2 Å². The molecular formula is C16H20N2O2. The van der Waals surface area contributed by atoms with E-state index in [0.717, 1.165) is 17.7 Å². The fourth-order valence-electron chi connectivity index (χ4n) is 2.04. The topological polar surface area (TPSA) is 57.2 Å². The fraction of sp³-hybridized carbons (Fsp3) is 0.312. The van der Waals surface area contributed by atoms with Crippen molar-refractivity contribution in [3.63, 3.8) is 0 Å². The number of ether oxygens (including phenoxy) is 1. The van der Waals surface area contributed by atoms with Crippen LogP contribution in [0.4, 0.5) is 0 Å². The molecule has 4 nitrogen and oxygen atoms in total. The van der Waals surface area contributed by atoms with Crippen molar-refractivity contribution in [1.29, 1.82) is 0 Å². The quantitative estimate of drug-likeness (QED) is 0.878. The Labute approximate surface area is 118 Å². The molecule has 0 saturated carbocycles. The standard InChI is InChI=1S/C16H20N2O2/c1-2-14(17)13-7-3-4-8-15(13)20-12-11-18-10-6-5-9-16(18)19/h3-10,14H,2,11-12,17H2,1H3. The lowest BCUT2D eigenvalue weighted by molar-refractivity contribution is 0.291. The highest BCUT2D eigenvalue weighted by Crippen LogP contribution is 2.25. The van der Waals surface area contributed by atoms with E-state index in [1.807, 2.05) is 37.3 Å². The minimum Gasteiger partial charge on any atom is -0.491 e. The fourth-order valence-corrected chi connectivity index (χ4v) is 2.04. The average Bonchev–Trinajstić information content (AvgIpc) is 2.49. The molecule has 0 aliphatic heterocycles. The molecule has 2 N–H and O–H groups in total. The van der Waals surface area contributed by atoms with Crippen molar-refractivity contribution in [1.82, 2.24) is 4.57 Å². The second-order valence-electron chi connectivity index (χ2n) is 4.63. The van der Waals surface area contributed by atoms with Gasteiger partial charge in [0.2, 0.25) is 0 Å². The van der Waals surface area contributed by atoms with Gasteiger partial charge >= 0.3 is 0 Å². The number of pyridine rings is 1. The largest absolute Gasteiger partial charge is 0.491 e. The summed E-state index contributed by atoms with van der Waals surface area (Å²) in [5.74, 6) is 0.797. The summed E-state index contributed by atoms with van der Waals surface area (Å²) in [6, 6.07) is 12.9. The first-order valence-corrected chi connectivity index (χ1v) is 6.85. The molecule has 0 saturated heterocycles. The van der Waals surface area contributed by atoms with E-state index in [2.05, 4.69) is 0 Å². The average molecular weight is 272 g/mol. The molecule has 106 valence electrons. The van der Waals surface area contributed by atoms with E-state index < -0.39 is 0 Å². The molecule has 0 radical (unpaired) electrons. The lowest BCUT2D eigenvalue weighted by Crippen LogP contribution is -2.21. The Balaban J connectivity index is 2.01. The highest BCUT2D eigenvalue weighted by Gasteiger charge is 2.09. The Morgan fingerprint density at radius 2 is 1.95 bits per heavy atom. The van der Waals surface area contributed by atoms with Crippen LogP contribution >= 0.6 is 0 Å². The smallest absolute Gasteiger partial charge is 0.250 e. The Morgan fingerprint density at radius 3 is 2.70 bits per heavy atom. The van der Waals surface area contributed by atoms with Gasteiger partial charge in [-0.25, -0.2) is 0 Å². The minimum absolute atomic E-state index is 0.0188. The van der Waals surface area contributed by atoms with Crippen LogP contribution in [0.3, 0.4) is 0 Å². The number of hydrogen-bond donors (Lipinski definition) is 1. The summed E-state index contributed by atoms with van der Waals surface area (Å²) in [6.45, 7) is 3.01. The molecule has 0 fully saturated rings. The second kappa shape index (κ2) is 6.91. The van der Waals surface area contributed by atoms with Crippen LogP contribution in [0, 0.1) is 0 Å². The van der Waals surface area contributed by atoms with E-state index in [1.54, 1.807) is 22.9 Å². The van der Waals surface area contributed by atoms with Crippen LogP contribution in [0.2, 0.25) is 0 Å². The monoisotopic (exact) mass is 272 g/mol. The zero-order valence-electron chi connectivity index (χ0n) is 11.7. The van der Waals surface area contributed by atoms with Gasteiger partial charge in [0, 0.05) is 23.9 Å². The first-order chi connectivity index (χ1) is 9.72. The maximum absolute atomic E-state index is 11.6. The van der Waals surface area contributed by atoms with Gasteiger partial charge in [-0.05, 0) is 18.6 Å². The molecule has 2 rings (SSSR count). The van der Waals surface area contributed by atoms with E-state index in [9.17, 15) is 4.79 Å². The lowest BCUT2D eigenvalue weighted by atomic mass is 10.0. The molecule has 1 unspecified atom stereocenters. The van der Waals surface area contributed by atoms with Crippen molar-refractivity contribution in [2.45, 2.75) is 25.9 Å². The van der Waals surface area contributed by atoms with Crippen LogP contribution < -0.4 is 16.0 Å². The number of nitrogens with two attached hydrogens (primary N) is 1. The van der Waals surface area contributed by atoms with Crippen molar-refractivity contribution in [2.75, 3.05) is 6.61 Å². The highest BCUT2D eigenvalue weighted by molar-refractivity contribution is 5.35. The predicted molar refractivity (Wildman–Crippen MR) is 79.9 cm³/mol. The maximum Gasteiger partial charge on any atom is 0.250 e. The normalized spacial score (nSPS) is 12.1. The predicted octanol–water partition coefficient (Wildman–Crippen LogP) is 2.34. The van der Waals surface area contributed by atoms with E-state index in [1.165, 1.54) is 0 Å². The van der Waals surface area contributed by atoms with Gasteiger partial charge in [0.1, 0.15) is 12.4 Å². The minimum atomic E-state index is -0.0225. The molecule has 0 bridgehead atoms. The Hall–Kier alpha value is -2.07. The van der Waals surface area contributed by atoms with Gasteiger partial charge in [0.25, 0.3) is 5.56 Å². The van der Waals surface area contributed by atoms with Crippen LogP contribution in [-0.2, 0) is 6.54 Å². The van der Waals surface area contributed by atoms with Crippen molar-refractivity contribution < 1.29 is 4.74 Å². The summed E-state index contributed by atoms with van der Waals surface area (Å²) in [5.41, 5.74) is 7.06. The van der Waals surface area contributed by atoms with Gasteiger partial charge in [0.15, 0.2) is 0 Å². The zero-order chi connectivity index (χ0) is 14.4.